The molecule has 0 aliphatic rings. The average molecular weight is 237 g/mol. The first-order valence-electron chi connectivity index (χ1n) is 5.39. The summed E-state index contributed by atoms with van der Waals surface area (Å²) in [6.45, 7) is 3.19. The number of rotatable bonds is 7. The van der Waals surface area contributed by atoms with Crippen LogP contribution in [0.5, 0.6) is 0 Å². The summed E-state index contributed by atoms with van der Waals surface area (Å²) >= 11 is 0. The molecule has 8 heteroatoms. The highest BCUT2D eigenvalue weighted by molar-refractivity contribution is 5.41. The van der Waals surface area contributed by atoms with Gasteiger partial charge in [-0.2, -0.15) is 0 Å². The molecule has 0 spiro atoms. The second-order valence-electron chi connectivity index (χ2n) is 3.41. The molecule has 0 aliphatic heterocycles. The van der Waals surface area contributed by atoms with Gasteiger partial charge in [0, 0.05) is 26.7 Å². The Morgan fingerprint density at radius 2 is 2.24 bits per heavy atom. The van der Waals surface area contributed by atoms with Crippen molar-refractivity contribution in [3.63, 3.8) is 0 Å². The predicted octanol–water partition coefficient (Wildman–Crippen LogP) is -0.833. The monoisotopic (exact) mass is 237 g/mol. The lowest BCUT2D eigenvalue weighted by Crippen LogP contribution is -2.25. The van der Waals surface area contributed by atoms with Crippen LogP contribution >= 0.6 is 0 Å². The van der Waals surface area contributed by atoms with E-state index in [9.17, 15) is 0 Å². The third-order valence-electron chi connectivity index (χ3n) is 2.16. The number of hydrogen-bond acceptors (Lipinski definition) is 7. The van der Waals surface area contributed by atoms with Crippen molar-refractivity contribution in [3.8, 4) is 0 Å². The van der Waals surface area contributed by atoms with Crippen LogP contribution < -0.4 is 10.6 Å². The zero-order valence-corrected chi connectivity index (χ0v) is 9.63. The maximum Gasteiger partial charge on any atom is 0.200 e. The van der Waals surface area contributed by atoms with Crippen LogP contribution in [0.1, 0.15) is 0 Å². The predicted molar refractivity (Wildman–Crippen MR) is 61.8 cm³/mol. The molecule has 17 heavy (non-hydrogen) atoms. The van der Waals surface area contributed by atoms with Gasteiger partial charge in [0.2, 0.25) is 0 Å². The van der Waals surface area contributed by atoms with E-state index in [1.165, 1.54) is 4.63 Å². The molecule has 0 aromatic carbocycles. The van der Waals surface area contributed by atoms with Crippen molar-refractivity contribution in [3.05, 3.63) is 12.1 Å². The van der Waals surface area contributed by atoms with Gasteiger partial charge in [-0.05, 0) is 22.6 Å². The number of aromatic nitrogens is 5. The molecule has 0 aliphatic carbocycles. The first kappa shape index (κ1) is 11.7. The highest BCUT2D eigenvalue weighted by Crippen LogP contribution is 2.01. The summed E-state index contributed by atoms with van der Waals surface area (Å²) in [6.07, 6.45) is 0. The molecule has 0 fully saturated rings. The minimum absolute atomic E-state index is 0.633. The van der Waals surface area contributed by atoms with Crippen LogP contribution in [0.2, 0.25) is 0 Å². The van der Waals surface area contributed by atoms with E-state index in [1.54, 1.807) is 7.11 Å². The fourth-order valence-electron chi connectivity index (χ4n) is 1.32. The first-order valence-corrected chi connectivity index (χ1v) is 5.39. The van der Waals surface area contributed by atoms with Crippen LogP contribution in [0.25, 0.3) is 5.65 Å². The Balaban J connectivity index is 1.75. The molecular formula is C9H15N7O. The second-order valence-corrected chi connectivity index (χ2v) is 3.41. The summed E-state index contributed by atoms with van der Waals surface area (Å²) in [7, 11) is 1.69. The largest absolute Gasteiger partial charge is 0.383 e. The van der Waals surface area contributed by atoms with E-state index in [0.29, 0.717) is 5.65 Å². The molecule has 0 atom stereocenters. The van der Waals surface area contributed by atoms with Gasteiger partial charge in [0.15, 0.2) is 5.65 Å². The van der Waals surface area contributed by atoms with Gasteiger partial charge in [-0.25, -0.2) is 0 Å². The zero-order chi connectivity index (χ0) is 11.9. The Kier molecular flexibility index (Phi) is 4.17. The van der Waals surface area contributed by atoms with E-state index < -0.39 is 0 Å². The van der Waals surface area contributed by atoms with Gasteiger partial charge in [-0.3, -0.25) is 0 Å². The molecule has 2 aromatic heterocycles. The number of tetrazole rings is 1. The molecule has 2 aromatic rings. The smallest absolute Gasteiger partial charge is 0.200 e. The standard InChI is InChI=1S/C9H15N7O/c1-17-7-6-10-4-5-11-8-2-3-9-12-14-15-16(9)13-8/h2-3,10H,4-7H2,1H3,(H,11,13). The number of anilines is 1. The number of nitrogens with zero attached hydrogens (tertiary/aromatic N) is 5. The van der Waals surface area contributed by atoms with Gasteiger partial charge in [0.25, 0.3) is 0 Å². The van der Waals surface area contributed by atoms with Crippen LogP contribution in [0.3, 0.4) is 0 Å². The van der Waals surface area contributed by atoms with Crippen molar-refractivity contribution in [1.82, 2.24) is 30.6 Å². The van der Waals surface area contributed by atoms with Gasteiger partial charge >= 0.3 is 0 Å². The molecule has 0 radical (unpaired) electrons. The van der Waals surface area contributed by atoms with E-state index in [-0.39, 0.29) is 0 Å². The summed E-state index contributed by atoms with van der Waals surface area (Å²) in [6, 6.07) is 3.66. The van der Waals surface area contributed by atoms with E-state index in [2.05, 4.69) is 31.3 Å². The number of ether oxygens (including phenoxy) is 1. The average Bonchev–Trinajstić information content (AvgIpc) is 2.81. The second kappa shape index (κ2) is 6.06. The van der Waals surface area contributed by atoms with Crippen LogP contribution in [0.4, 0.5) is 5.82 Å². The van der Waals surface area contributed by atoms with E-state index >= 15 is 0 Å². The van der Waals surface area contributed by atoms with Crippen molar-refractivity contribution in [1.29, 1.82) is 0 Å². The third-order valence-corrected chi connectivity index (χ3v) is 2.16. The molecular weight excluding hydrogens is 222 g/mol. The highest BCUT2D eigenvalue weighted by atomic mass is 16.5. The molecule has 2 N–H and O–H groups in total. The summed E-state index contributed by atoms with van der Waals surface area (Å²) < 4.78 is 6.31. The molecule has 8 nitrogen and oxygen atoms in total. The minimum Gasteiger partial charge on any atom is -0.383 e. The topological polar surface area (TPSA) is 89.3 Å². The molecule has 0 bridgehead atoms. The van der Waals surface area contributed by atoms with Gasteiger partial charge < -0.3 is 15.4 Å². The normalized spacial score (nSPS) is 10.9. The highest BCUT2D eigenvalue weighted by Gasteiger charge is 1.99. The van der Waals surface area contributed by atoms with Gasteiger partial charge in [-0.1, -0.05) is 0 Å². The van der Waals surface area contributed by atoms with Crippen LogP contribution in [-0.2, 0) is 4.74 Å². The number of methoxy groups -OCH3 is 1. The fraction of sp³-hybridized carbons (Fsp3) is 0.556. The van der Waals surface area contributed by atoms with E-state index in [4.69, 9.17) is 4.74 Å². The maximum atomic E-state index is 4.93. The summed E-state index contributed by atoms with van der Waals surface area (Å²) in [5.74, 6) is 0.748. The Morgan fingerprint density at radius 3 is 3.12 bits per heavy atom. The molecule has 0 saturated carbocycles. The SMILES string of the molecule is COCCNCCNc1ccc2nnnn2n1. The third kappa shape index (κ3) is 3.33. The van der Waals surface area contributed by atoms with Gasteiger partial charge in [0.05, 0.1) is 6.61 Å². The summed E-state index contributed by atoms with van der Waals surface area (Å²) in [5, 5.41) is 21.6. The lowest BCUT2D eigenvalue weighted by atomic mass is 10.5. The Labute approximate surface area is 98.3 Å². The number of nitrogens with one attached hydrogen (secondary N) is 2. The molecule has 2 heterocycles. The summed E-state index contributed by atoms with van der Waals surface area (Å²) in [5.41, 5.74) is 0.633. The van der Waals surface area contributed by atoms with Crippen LogP contribution in [-0.4, -0.2) is 58.6 Å². The maximum absolute atomic E-state index is 4.93. The minimum atomic E-state index is 0.633. The van der Waals surface area contributed by atoms with Crippen molar-refractivity contribution in [2.45, 2.75) is 0 Å². The fourth-order valence-corrected chi connectivity index (χ4v) is 1.32. The van der Waals surface area contributed by atoms with Gasteiger partial charge in [0.1, 0.15) is 5.82 Å². The molecule has 0 unspecified atom stereocenters. The van der Waals surface area contributed by atoms with Crippen molar-refractivity contribution >= 4 is 11.5 Å². The molecule has 92 valence electrons. The van der Waals surface area contributed by atoms with Crippen molar-refractivity contribution < 1.29 is 4.74 Å². The molecule has 2 rings (SSSR count). The number of fused-ring (bicyclic) bond motifs is 1. The van der Waals surface area contributed by atoms with Crippen molar-refractivity contribution in [2.75, 3.05) is 38.7 Å². The van der Waals surface area contributed by atoms with Crippen LogP contribution in [0, 0.1) is 0 Å². The Bertz CT molecular complexity index is 457. The van der Waals surface area contributed by atoms with E-state index in [0.717, 1.165) is 32.1 Å². The lowest BCUT2D eigenvalue weighted by Gasteiger charge is -2.06. The number of hydrogen-bond donors (Lipinski definition) is 2. The summed E-state index contributed by atoms with van der Waals surface area (Å²) in [4.78, 5) is 0. The van der Waals surface area contributed by atoms with E-state index in [1.807, 2.05) is 12.1 Å². The Hall–Kier alpha value is -1.80. The Morgan fingerprint density at radius 1 is 1.29 bits per heavy atom. The van der Waals surface area contributed by atoms with Crippen molar-refractivity contribution in [2.24, 2.45) is 0 Å². The lowest BCUT2D eigenvalue weighted by molar-refractivity contribution is 0.200. The first-order chi connectivity index (χ1) is 8.40. The van der Waals surface area contributed by atoms with Crippen LogP contribution in [0.15, 0.2) is 12.1 Å². The van der Waals surface area contributed by atoms with Gasteiger partial charge in [-0.15, -0.1) is 14.8 Å². The quantitative estimate of drug-likeness (QED) is 0.607. The molecule has 0 saturated heterocycles. The molecule has 0 amide bonds. The zero-order valence-electron chi connectivity index (χ0n) is 9.63.